The minimum Gasteiger partial charge on any atom is -0.491 e. The standard InChI is InChI=1S/C16H17BrFNO2/c1-11-2-7-15(17)16(8-11)19-9-13(20)10-21-14-5-3-12(18)4-6-14/h2-8,13,19-20H,9-10H2,1H3. The van der Waals surface area contributed by atoms with E-state index in [2.05, 4.69) is 21.2 Å². The Morgan fingerprint density at radius 1 is 1.24 bits per heavy atom. The molecule has 0 saturated carbocycles. The van der Waals surface area contributed by atoms with Crippen LogP contribution in [0.15, 0.2) is 46.9 Å². The number of rotatable bonds is 6. The number of aliphatic hydroxyl groups excluding tert-OH is 1. The van der Waals surface area contributed by atoms with Crippen molar-refractivity contribution in [2.45, 2.75) is 13.0 Å². The number of anilines is 1. The smallest absolute Gasteiger partial charge is 0.123 e. The lowest BCUT2D eigenvalue weighted by molar-refractivity contribution is 0.117. The van der Waals surface area contributed by atoms with Gasteiger partial charge in [-0.15, -0.1) is 0 Å². The lowest BCUT2D eigenvalue weighted by Crippen LogP contribution is -2.26. The molecule has 0 aromatic heterocycles. The van der Waals surface area contributed by atoms with Gasteiger partial charge in [-0.25, -0.2) is 4.39 Å². The number of nitrogens with one attached hydrogen (secondary N) is 1. The molecular weight excluding hydrogens is 337 g/mol. The topological polar surface area (TPSA) is 41.5 Å². The van der Waals surface area contributed by atoms with Gasteiger partial charge in [-0.05, 0) is 64.8 Å². The largest absolute Gasteiger partial charge is 0.491 e. The van der Waals surface area contributed by atoms with Gasteiger partial charge in [-0.3, -0.25) is 0 Å². The van der Waals surface area contributed by atoms with Gasteiger partial charge in [0.15, 0.2) is 0 Å². The summed E-state index contributed by atoms with van der Waals surface area (Å²) in [7, 11) is 0. The van der Waals surface area contributed by atoms with Crippen LogP contribution in [0.3, 0.4) is 0 Å². The number of hydrogen-bond acceptors (Lipinski definition) is 3. The van der Waals surface area contributed by atoms with Crippen LogP contribution >= 0.6 is 15.9 Å². The molecule has 1 atom stereocenters. The third kappa shape index (κ3) is 5.02. The molecule has 5 heteroatoms. The van der Waals surface area contributed by atoms with Gasteiger partial charge in [0, 0.05) is 16.7 Å². The van der Waals surface area contributed by atoms with E-state index in [0.29, 0.717) is 12.3 Å². The van der Waals surface area contributed by atoms with Crippen LogP contribution in [0.25, 0.3) is 0 Å². The predicted molar refractivity (Wildman–Crippen MR) is 85.3 cm³/mol. The van der Waals surface area contributed by atoms with Crippen LogP contribution in [-0.4, -0.2) is 24.4 Å². The lowest BCUT2D eigenvalue weighted by atomic mass is 10.2. The van der Waals surface area contributed by atoms with Crippen molar-refractivity contribution in [3.05, 3.63) is 58.3 Å². The fourth-order valence-corrected chi connectivity index (χ4v) is 2.17. The molecule has 2 N–H and O–H groups in total. The number of ether oxygens (including phenoxy) is 1. The molecule has 0 spiro atoms. The van der Waals surface area contributed by atoms with Crippen molar-refractivity contribution in [2.24, 2.45) is 0 Å². The minimum atomic E-state index is -0.664. The molecular formula is C16H17BrFNO2. The molecule has 2 aromatic rings. The average Bonchev–Trinajstić information content (AvgIpc) is 2.47. The zero-order chi connectivity index (χ0) is 15.2. The third-order valence-corrected chi connectivity index (χ3v) is 3.60. The summed E-state index contributed by atoms with van der Waals surface area (Å²) in [4.78, 5) is 0. The van der Waals surface area contributed by atoms with Crippen molar-refractivity contribution in [3.63, 3.8) is 0 Å². The van der Waals surface area contributed by atoms with E-state index in [0.717, 1.165) is 15.7 Å². The van der Waals surface area contributed by atoms with E-state index in [1.54, 1.807) is 0 Å². The zero-order valence-corrected chi connectivity index (χ0v) is 13.2. The molecule has 0 aliphatic carbocycles. The Kier molecular flexibility index (Phi) is 5.59. The molecule has 2 aromatic carbocycles. The van der Waals surface area contributed by atoms with E-state index in [1.165, 1.54) is 24.3 Å². The van der Waals surface area contributed by atoms with Crippen molar-refractivity contribution in [3.8, 4) is 5.75 Å². The molecule has 0 radical (unpaired) electrons. The van der Waals surface area contributed by atoms with Crippen molar-refractivity contribution >= 4 is 21.6 Å². The Morgan fingerprint density at radius 2 is 1.95 bits per heavy atom. The summed E-state index contributed by atoms with van der Waals surface area (Å²) in [6.45, 7) is 2.51. The van der Waals surface area contributed by atoms with Crippen molar-refractivity contribution < 1.29 is 14.2 Å². The van der Waals surface area contributed by atoms with Gasteiger partial charge in [-0.2, -0.15) is 0 Å². The quantitative estimate of drug-likeness (QED) is 0.830. The van der Waals surface area contributed by atoms with Crippen LogP contribution in [0, 0.1) is 12.7 Å². The fraction of sp³-hybridized carbons (Fsp3) is 0.250. The molecule has 0 aliphatic heterocycles. The Bertz CT molecular complexity index is 589. The molecule has 0 amide bonds. The van der Waals surface area contributed by atoms with Gasteiger partial charge in [0.2, 0.25) is 0 Å². The molecule has 0 bridgehead atoms. The molecule has 2 rings (SSSR count). The van der Waals surface area contributed by atoms with Crippen LogP contribution in [0.5, 0.6) is 5.75 Å². The van der Waals surface area contributed by atoms with Gasteiger partial charge in [-0.1, -0.05) is 6.07 Å². The fourth-order valence-electron chi connectivity index (χ4n) is 1.78. The number of aliphatic hydroxyl groups is 1. The molecule has 3 nitrogen and oxygen atoms in total. The van der Waals surface area contributed by atoms with Crippen LogP contribution < -0.4 is 10.1 Å². The highest BCUT2D eigenvalue weighted by molar-refractivity contribution is 9.10. The van der Waals surface area contributed by atoms with Gasteiger partial charge in [0.05, 0.1) is 0 Å². The molecule has 0 heterocycles. The first-order chi connectivity index (χ1) is 10.0. The van der Waals surface area contributed by atoms with Gasteiger partial charge >= 0.3 is 0 Å². The minimum absolute atomic E-state index is 0.141. The number of hydrogen-bond donors (Lipinski definition) is 2. The SMILES string of the molecule is Cc1ccc(Br)c(NCC(O)COc2ccc(F)cc2)c1. The van der Waals surface area contributed by atoms with E-state index in [4.69, 9.17) is 4.74 Å². The highest BCUT2D eigenvalue weighted by Crippen LogP contribution is 2.23. The molecule has 0 fully saturated rings. The average molecular weight is 354 g/mol. The Labute approximate surface area is 131 Å². The molecule has 0 saturated heterocycles. The maximum Gasteiger partial charge on any atom is 0.123 e. The summed E-state index contributed by atoms with van der Waals surface area (Å²) >= 11 is 3.45. The van der Waals surface area contributed by atoms with E-state index >= 15 is 0 Å². The summed E-state index contributed by atoms with van der Waals surface area (Å²) in [5.74, 6) is 0.223. The van der Waals surface area contributed by atoms with Gasteiger partial charge < -0.3 is 15.2 Å². The number of aryl methyl sites for hydroxylation is 1. The van der Waals surface area contributed by atoms with E-state index in [9.17, 15) is 9.50 Å². The Hall–Kier alpha value is -1.59. The second kappa shape index (κ2) is 7.43. The van der Waals surface area contributed by atoms with Crippen LogP contribution in [0.4, 0.5) is 10.1 Å². The summed E-state index contributed by atoms with van der Waals surface area (Å²) in [5.41, 5.74) is 2.06. The lowest BCUT2D eigenvalue weighted by Gasteiger charge is -2.15. The van der Waals surface area contributed by atoms with Crippen LogP contribution in [0.1, 0.15) is 5.56 Å². The second-order valence-electron chi connectivity index (χ2n) is 4.78. The molecule has 112 valence electrons. The monoisotopic (exact) mass is 353 g/mol. The van der Waals surface area contributed by atoms with E-state index < -0.39 is 6.10 Å². The molecule has 1 unspecified atom stereocenters. The zero-order valence-electron chi connectivity index (χ0n) is 11.6. The highest BCUT2D eigenvalue weighted by Gasteiger charge is 2.07. The van der Waals surface area contributed by atoms with E-state index in [-0.39, 0.29) is 12.4 Å². The highest BCUT2D eigenvalue weighted by atomic mass is 79.9. The first-order valence-corrected chi connectivity index (χ1v) is 7.40. The van der Waals surface area contributed by atoms with Crippen LogP contribution in [0.2, 0.25) is 0 Å². The Morgan fingerprint density at radius 3 is 2.67 bits per heavy atom. The maximum atomic E-state index is 12.7. The first kappa shape index (κ1) is 15.8. The van der Waals surface area contributed by atoms with Gasteiger partial charge in [0.1, 0.15) is 24.3 Å². The third-order valence-electron chi connectivity index (χ3n) is 2.91. The van der Waals surface area contributed by atoms with Gasteiger partial charge in [0.25, 0.3) is 0 Å². The summed E-state index contributed by atoms with van der Waals surface area (Å²) in [5, 5.41) is 13.1. The van der Waals surface area contributed by atoms with E-state index in [1.807, 2.05) is 25.1 Å². The summed E-state index contributed by atoms with van der Waals surface area (Å²) in [6, 6.07) is 11.7. The van der Waals surface area contributed by atoms with Crippen molar-refractivity contribution in [1.82, 2.24) is 0 Å². The number of benzene rings is 2. The Balaban J connectivity index is 1.80. The van der Waals surface area contributed by atoms with Crippen LogP contribution in [-0.2, 0) is 0 Å². The first-order valence-electron chi connectivity index (χ1n) is 6.61. The molecule has 21 heavy (non-hydrogen) atoms. The normalized spacial score (nSPS) is 12.0. The molecule has 0 aliphatic rings. The number of halogens is 2. The summed E-state index contributed by atoms with van der Waals surface area (Å²) < 4.78 is 19.1. The summed E-state index contributed by atoms with van der Waals surface area (Å²) in [6.07, 6.45) is -0.664. The maximum absolute atomic E-state index is 12.7. The van der Waals surface area contributed by atoms with Crippen molar-refractivity contribution in [1.29, 1.82) is 0 Å². The van der Waals surface area contributed by atoms with Crippen molar-refractivity contribution in [2.75, 3.05) is 18.5 Å². The second-order valence-corrected chi connectivity index (χ2v) is 5.64. The predicted octanol–water partition coefficient (Wildman–Crippen LogP) is 3.75.